The number of hydrogen-bond donors (Lipinski definition) is 1. The molecule has 0 aliphatic heterocycles. The summed E-state index contributed by atoms with van der Waals surface area (Å²) < 4.78 is 0. The molecule has 0 heterocycles. The van der Waals surface area contributed by atoms with Crippen LogP contribution in [-0.4, -0.2) is 5.54 Å². The molecule has 0 radical (unpaired) electrons. The van der Waals surface area contributed by atoms with E-state index >= 15 is 0 Å². The molecule has 1 aromatic carbocycles. The first-order valence-electron chi connectivity index (χ1n) is 4.67. The fraction of sp³-hybridized carbons (Fsp3) is 0.455. The zero-order valence-electron chi connectivity index (χ0n) is 7.79. The van der Waals surface area contributed by atoms with Gasteiger partial charge in [-0.05, 0) is 37.0 Å². The van der Waals surface area contributed by atoms with Crippen molar-refractivity contribution in [3.8, 4) is 0 Å². The molecule has 0 unspecified atom stereocenters. The standard InChI is InChI=1S/C11H12ClN.ClH/c12-9-3-1-8(2-4-9)10-5-11(13,6-10)7-10;/h1-4H,5-7,13H2;1H. The number of benzene rings is 1. The van der Waals surface area contributed by atoms with Crippen molar-refractivity contribution < 1.29 is 0 Å². The number of halogens is 2. The highest BCUT2D eigenvalue weighted by molar-refractivity contribution is 6.30. The van der Waals surface area contributed by atoms with Gasteiger partial charge in [0, 0.05) is 16.0 Å². The lowest BCUT2D eigenvalue weighted by molar-refractivity contribution is -0.0589. The van der Waals surface area contributed by atoms with Crippen LogP contribution in [0.4, 0.5) is 0 Å². The van der Waals surface area contributed by atoms with Gasteiger partial charge in [0.05, 0.1) is 0 Å². The Morgan fingerprint density at radius 3 is 2.00 bits per heavy atom. The minimum atomic E-state index is 0. The van der Waals surface area contributed by atoms with E-state index in [0.717, 1.165) is 5.02 Å². The second-order valence-corrected chi connectivity index (χ2v) is 5.12. The summed E-state index contributed by atoms with van der Waals surface area (Å²) in [6, 6.07) is 8.23. The number of hydrogen-bond acceptors (Lipinski definition) is 1. The van der Waals surface area contributed by atoms with Crippen LogP contribution in [0.1, 0.15) is 24.8 Å². The Kier molecular flexibility index (Phi) is 2.11. The molecule has 3 fully saturated rings. The van der Waals surface area contributed by atoms with E-state index in [0.29, 0.717) is 5.41 Å². The van der Waals surface area contributed by atoms with Crippen LogP contribution in [-0.2, 0) is 5.41 Å². The molecule has 0 atom stereocenters. The molecule has 0 spiro atoms. The minimum absolute atomic E-state index is 0. The molecular formula is C11H13Cl2N. The molecule has 2 N–H and O–H groups in total. The van der Waals surface area contributed by atoms with Crippen LogP contribution in [0.3, 0.4) is 0 Å². The van der Waals surface area contributed by atoms with E-state index in [4.69, 9.17) is 17.3 Å². The van der Waals surface area contributed by atoms with Crippen LogP contribution in [0.25, 0.3) is 0 Å². The predicted octanol–water partition coefficient (Wildman–Crippen LogP) is 2.89. The summed E-state index contributed by atoms with van der Waals surface area (Å²) in [7, 11) is 0. The molecule has 3 saturated carbocycles. The van der Waals surface area contributed by atoms with Crippen LogP contribution in [0, 0.1) is 0 Å². The number of nitrogens with two attached hydrogens (primary N) is 1. The Labute approximate surface area is 95.0 Å². The highest BCUT2D eigenvalue weighted by Crippen LogP contribution is 2.66. The highest BCUT2D eigenvalue weighted by atomic mass is 35.5. The zero-order chi connectivity index (χ0) is 9.10. The molecule has 3 aliphatic rings. The summed E-state index contributed by atoms with van der Waals surface area (Å²) >= 11 is 5.84. The first kappa shape index (κ1) is 10.3. The summed E-state index contributed by atoms with van der Waals surface area (Å²) in [5.41, 5.74) is 8.06. The van der Waals surface area contributed by atoms with Gasteiger partial charge in [0.25, 0.3) is 0 Å². The van der Waals surface area contributed by atoms with Gasteiger partial charge in [-0.25, -0.2) is 0 Å². The Morgan fingerprint density at radius 1 is 1.07 bits per heavy atom. The Balaban J connectivity index is 0.000000750. The highest BCUT2D eigenvalue weighted by Gasteiger charge is 2.66. The van der Waals surface area contributed by atoms with Crippen molar-refractivity contribution in [3.63, 3.8) is 0 Å². The monoisotopic (exact) mass is 229 g/mol. The maximum atomic E-state index is 6.01. The summed E-state index contributed by atoms with van der Waals surface area (Å²) in [4.78, 5) is 0. The van der Waals surface area contributed by atoms with E-state index in [-0.39, 0.29) is 17.9 Å². The van der Waals surface area contributed by atoms with Crippen molar-refractivity contribution in [2.75, 3.05) is 0 Å². The van der Waals surface area contributed by atoms with Crippen molar-refractivity contribution in [3.05, 3.63) is 34.9 Å². The second kappa shape index (κ2) is 2.88. The van der Waals surface area contributed by atoms with Crippen molar-refractivity contribution in [1.82, 2.24) is 0 Å². The SMILES string of the molecule is Cl.NC12CC(c3ccc(Cl)cc3)(C1)C2. The third kappa shape index (κ3) is 1.19. The van der Waals surface area contributed by atoms with E-state index in [1.54, 1.807) is 0 Å². The molecule has 0 aromatic heterocycles. The third-order valence-corrected chi connectivity index (χ3v) is 3.78. The molecule has 3 heteroatoms. The van der Waals surface area contributed by atoms with Crippen LogP contribution >= 0.6 is 24.0 Å². The molecule has 4 rings (SSSR count). The summed E-state index contributed by atoms with van der Waals surface area (Å²) in [5, 5.41) is 0.817. The average Bonchev–Trinajstić information content (AvgIpc) is 1.99. The van der Waals surface area contributed by atoms with Gasteiger partial charge in [-0.1, -0.05) is 23.7 Å². The molecular weight excluding hydrogens is 217 g/mol. The maximum Gasteiger partial charge on any atom is 0.0406 e. The maximum absolute atomic E-state index is 6.01. The lowest BCUT2D eigenvalue weighted by Gasteiger charge is -2.69. The van der Waals surface area contributed by atoms with E-state index in [1.165, 1.54) is 24.8 Å². The normalized spacial score (nSPS) is 37.9. The smallest absolute Gasteiger partial charge is 0.0406 e. The van der Waals surface area contributed by atoms with E-state index < -0.39 is 0 Å². The molecule has 2 bridgehead atoms. The summed E-state index contributed by atoms with van der Waals surface area (Å²) in [6.07, 6.45) is 3.50. The molecule has 76 valence electrons. The van der Waals surface area contributed by atoms with Crippen molar-refractivity contribution in [1.29, 1.82) is 0 Å². The van der Waals surface area contributed by atoms with Crippen LogP contribution in [0.15, 0.2) is 24.3 Å². The van der Waals surface area contributed by atoms with Crippen molar-refractivity contribution >= 4 is 24.0 Å². The van der Waals surface area contributed by atoms with E-state index in [1.807, 2.05) is 12.1 Å². The van der Waals surface area contributed by atoms with Gasteiger partial charge in [0.2, 0.25) is 0 Å². The first-order chi connectivity index (χ1) is 6.12. The summed E-state index contributed by atoms with van der Waals surface area (Å²) in [6.45, 7) is 0. The topological polar surface area (TPSA) is 26.0 Å². The van der Waals surface area contributed by atoms with Gasteiger partial charge in [-0.3, -0.25) is 0 Å². The molecule has 1 aromatic rings. The van der Waals surface area contributed by atoms with Gasteiger partial charge in [0.15, 0.2) is 0 Å². The van der Waals surface area contributed by atoms with Crippen LogP contribution in [0.5, 0.6) is 0 Å². The Hall–Kier alpha value is -0.240. The van der Waals surface area contributed by atoms with Crippen LogP contribution in [0.2, 0.25) is 5.02 Å². The lowest BCUT2D eigenvalue weighted by atomic mass is 9.38. The lowest BCUT2D eigenvalue weighted by Crippen LogP contribution is -2.74. The first-order valence-corrected chi connectivity index (χ1v) is 5.05. The van der Waals surface area contributed by atoms with Gasteiger partial charge < -0.3 is 5.73 Å². The Morgan fingerprint density at radius 2 is 1.57 bits per heavy atom. The molecule has 0 saturated heterocycles. The quantitative estimate of drug-likeness (QED) is 0.788. The summed E-state index contributed by atoms with van der Waals surface area (Å²) in [5.74, 6) is 0. The van der Waals surface area contributed by atoms with Crippen molar-refractivity contribution in [2.45, 2.75) is 30.2 Å². The average molecular weight is 230 g/mol. The fourth-order valence-electron chi connectivity index (χ4n) is 2.98. The van der Waals surface area contributed by atoms with Crippen LogP contribution < -0.4 is 5.73 Å². The van der Waals surface area contributed by atoms with E-state index in [9.17, 15) is 0 Å². The van der Waals surface area contributed by atoms with Gasteiger partial charge >= 0.3 is 0 Å². The minimum Gasteiger partial charge on any atom is -0.325 e. The molecule has 0 amide bonds. The third-order valence-electron chi connectivity index (χ3n) is 3.53. The van der Waals surface area contributed by atoms with Crippen molar-refractivity contribution in [2.24, 2.45) is 5.73 Å². The molecule has 14 heavy (non-hydrogen) atoms. The van der Waals surface area contributed by atoms with Gasteiger partial charge in [-0.15, -0.1) is 12.4 Å². The predicted molar refractivity (Wildman–Crippen MR) is 61.1 cm³/mol. The second-order valence-electron chi connectivity index (χ2n) is 4.68. The van der Waals surface area contributed by atoms with Gasteiger partial charge in [0.1, 0.15) is 0 Å². The largest absolute Gasteiger partial charge is 0.325 e. The van der Waals surface area contributed by atoms with E-state index in [2.05, 4.69) is 12.1 Å². The molecule has 1 nitrogen and oxygen atoms in total. The molecule has 3 aliphatic carbocycles. The Bertz CT molecular complexity index is 338. The number of rotatable bonds is 1. The zero-order valence-corrected chi connectivity index (χ0v) is 9.37. The van der Waals surface area contributed by atoms with Gasteiger partial charge in [-0.2, -0.15) is 0 Å². The fourth-order valence-corrected chi connectivity index (χ4v) is 3.10.